The molecular weight excluding hydrogens is 296 g/mol. The van der Waals surface area contributed by atoms with E-state index in [1.54, 1.807) is 24.3 Å². The third kappa shape index (κ3) is 4.44. The zero-order valence-corrected chi connectivity index (χ0v) is 12.8. The molecule has 2 aromatic carbocycles. The van der Waals surface area contributed by atoms with Crippen molar-refractivity contribution < 1.29 is 24.2 Å². The van der Waals surface area contributed by atoms with Gasteiger partial charge in [-0.2, -0.15) is 0 Å². The average Bonchev–Trinajstić information content (AvgIpc) is 2.54. The van der Waals surface area contributed by atoms with Crippen LogP contribution in [0.3, 0.4) is 0 Å². The zero-order chi connectivity index (χ0) is 16.8. The van der Waals surface area contributed by atoms with Gasteiger partial charge in [0.1, 0.15) is 11.5 Å². The first-order chi connectivity index (χ1) is 11.0. The van der Waals surface area contributed by atoms with Crippen LogP contribution in [0.2, 0.25) is 0 Å². The van der Waals surface area contributed by atoms with E-state index >= 15 is 0 Å². The fraction of sp³-hybridized carbons (Fsp3) is 0.111. The van der Waals surface area contributed by atoms with Gasteiger partial charge < -0.3 is 14.6 Å². The Kier molecular flexibility index (Phi) is 5.15. The molecule has 0 aromatic heterocycles. The quantitative estimate of drug-likeness (QED) is 0.673. The third-order valence-electron chi connectivity index (χ3n) is 3.16. The predicted octanol–water partition coefficient (Wildman–Crippen LogP) is 3.67. The summed E-state index contributed by atoms with van der Waals surface area (Å²) in [5.74, 6) is -0.396. The van der Waals surface area contributed by atoms with Crippen molar-refractivity contribution in [2.24, 2.45) is 0 Å². The summed E-state index contributed by atoms with van der Waals surface area (Å²) in [5, 5.41) is 8.98. The molecule has 0 aliphatic carbocycles. The molecule has 0 fully saturated rings. The number of hydrogen-bond acceptors (Lipinski definition) is 4. The first kappa shape index (κ1) is 16.3. The van der Waals surface area contributed by atoms with E-state index in [0.29, 0.717) is 11.5 Å². The molecule has 0 spiro atoms. The molecular formula is C18H16O5. The van der Waals surface area contributed by atoms with Crippen molar-refractivity contribution in [1.82, 2.24) is 0 Å². The molecule has 0 aliphatic rings. The highest BCUT2D eigenvalue weighted by Gasteiger charge is 2.05. The van der Waals surface area contributed by atoms with E-state index in [1.165, 1.54) is 25.3 Å². The van der Waals surface area contributed by atoms with Gasteiger partial charge in [0.25, 0.3) is 0 Å². The van der Waals surface area contributed by atoms with Crippen LogP contribution in [0.25, 0.3) is 6.08 Å². The molecule has 0 saturated heterocycles. The Labute approximate surface area is 133 Å². The normalized spacial score (nSPS) is 10.5. The van der Waals surface area contributed by atoms with E-state index < -0.39 is 11.9 Å². The van der Waals surface area contributed by atoms with Gasteiger partial charge in [-0.05, 0) is 54.5 Å². The summed E-state index contributed by atoms with van der Waals surface area (Å²) in [5.41, 5.74) is 1.94. The Morgan fingerprint density at radius 1 is 1.09 bits per heavy atom. The number of carbonyl (C=O) groups excluding carboxylic acids is 1. The minimum absolute atomic E-state index is 0.164. The van der Waals surface area contributed by atoms with Gasteiger partial charge in [-0.1, -0.05) is 12.1 Å². The van der Waals surface area contributed by atoms with E-state index in [1.807, 2.05) is 19.1 Å². The summed E-state index contributed by atoms with van der Waals surface area (Å²) in [7, 11) is 1.32. The van der Waals surface area contributed by atoms with Gasteiger partial charge in [0.2, 0.25) is 0 Å². The maximum Gasteiger partial charge on any atom is 0.335 e. The van der Waals surface area contributed by atoms with Gasteiger partial charge in [0.05, 0.1) is 12.7 Å². The van der Waals surface area contributed by atoms with E-state index in [0.717, 1.165) is 11.1 Å². The van der Waals surface area contributed by atoms with E-state index in [2.05, 4.69) is 4.74 Å². The Bertz CT molecular complexity index is 762. The number of carboxylic acids is 1. The highest BCUT2D eigenvalue weighted by atomic mass is 16.5. The average molecular weight is 312 g/mol. The van der Waals surface area contributed by atoms with Crippen LogP contribution in [0.4, 0.5) is 0 Å². The number of carboxylic acid groups (broad SMARTS) is 1. The van der Waals surface area contributed by atoms with Crippen LogP contribution in [0, 0.1) is 6.92 Å². The lowest BCUT2D eigenvalue weighted by Gasteiger charge is -2.08. The smallest absolute Gasteiger partial charge is 0.335 e. The van der Waals surface area contributed by atoms with E-state index in [9.17, 15) is 9.59 Å². The SMILES string of the molecule is COC(=O)/C=C/c1ccc(Oc2cccc(C(=O)O)c2)cc1C. The van der Waals surface area contributed by atoms with Gasteiger partial charge in [0.15, 0.2) is 0 Å². The molecule has 2 aromatic rings. The van der Waals surface area contributed by atoms with Crippen molar-refractivity contribution >= 4 is 18.0 Å². The fourth-order valence-electron chi connectivity index (χ4n) is 1.95. The van der Waals surface area contributed by atoms with Crippen LogP contribution >= 0.6 is 0 Å². The lowest BCUT2D eigenvalue weighted by molar-refractivity contribution is -0.134. The molecule has 0 unspecified atom stereocenters. The van der Waals surface area contributed by atoms with Crippen LogP contribution in [-0.2, 0) is 9.53 Å². The van der Waals surface area contributed by atoms with Gasteiger partial charge in [0, 0.05) is 6.08 Å². The maximum atomic E-state index is 11.1. The highest BCUT2D eigenvalue weighted by Crippen LogP contribution is 2.25. The second kappa shape index (κ2) is 7.26. The molecule has 0 atom stereocenters. The largest absolute Gasteiger partial charge is 0.478 e. The van der Waals surface area contributed by atoms with Gasteiger partial charge >= 0.3 is 11.9 Å². The number of aryl methyl sites for hydroxylation is 1. The number of rotatable bonds is 5. The lowest BCUT2D eigenvalue weighted by Crippen LogP contribution is -1.96. The molecule has 1 N–H and O–H groups in total. The number of methoxy groups -OCH3 is 1. The molecule has 0 aliphatic heterocycles. The lowest BCUT2D eigenvalue weighted by atomic mass is 10.1. The topological polar surface area (TPSA) is 72.8 Å². The molecule has 0 saturated carbocycles. The number of hydrogen-bond donors (Lipinski definition) is 1. The zero-order valence-electron chi connectivity index (χ0n) is 12.8. The third-order valence-corrected chi connectivity index (χ3v) is 3.16. The molecule has 118 valence electrons. The van der Waals surface area contributed by atoms with Gasteiger partial charge in [-0.3, -0.25) is 0 Å². The van der Waals surface area contributed by atoms with Crippen LogP contribution in [0.5, 0.6) is 11.5 Å². The molecule has 5 heteroatoms. The number of carbonyl (C=O) groups is 2. The molecule has 0 radical (unpaired) electrons. The van der Waals surface area contributed by atoms with Crippen molar-refractivity contribution in [3.8, 4) is 11.5 Å². The van der Waals surface area contributed by atoms with Crippen LogP contribution < -0.4 is 4.74 Å². The Balaban J connectivity index is 2.17. The summed E-state index contributed by atoms with van der Waals surface area (Å²) in [6.07, 6.45) is 3.01. The summed E-state index contributed by atoms with van der Waals surface area (Å²) in [6, 6.07) is 11.6. The number of benzene rings is 2. The maximum absolute atomic E-state index is 11.1. The Morgan fingerprint density at radius 2 is 1.83 bits per heavy atom. The number of aromatic carboxylic acids is 1. The molecule has 5 nitrogen and oxygen atoms in total. The highest BCUT2D eigenvalue weighted by molar-refractivity contribution is 5.88. The summed E-state index contributed by atoms with van der Waals surface area (Å²) < 4.78 is 10.2. The first-order valence-electron chi connectivity index (χ1n) is 6.87. The molecule has 0 heterocycles. The molecule has 0 amide bonds. The fourth-order valence-corrected chi connectivity index (χ4v) is 1.95. The van der Waals surface area contributed by atoms with E-state index in [4.69, 9.17) is 9.84 Å². The van der Waals surface area contributed by atoms with Crippen LogP contribution in [-0.4, -0.2) is 24.2 Å². The van der Waals surface area contributed by atoms with Crippen molar-refractivity contribution in [2.45, 2.75) is 6.92 Å². The van der Waals surface area contributed by atoms with Crippen molar-refractivity contribution in [3.05, 3.63) is 65.2 Å². The number of ether oxygens (including phenoxy) is 2. The second-order valence-electron chi connectivity index (χ2n) is 4.81. The van der Waals surface area contributed by atoms with Gasteiger partial charge in [-0.25, -0.2) is 9.59 Å². The Morgan fingerprint density at radius 3 is 2.48 bits per heavy atom. The summed E-state index contributed by atoms with van der Waals surface area (Å²) >= 11 is 0. The predicted molar refractivity (Wildman–Crippen MR) is 85.7 cm³/mol. The number of esters is 1. The molecule has 2 rings (SSSR count). The van der Waals surface area contributed by atoms with Crippen LogP contribution in [0.1, 0.15) is 21.5 Å². The Hall–Kier alpha value is -3.08. The van der Waals surface area contributed by atoms with Crippen LogP contribution in [0.15, 0.2) is 48.5 Å². The van der Waals surface area contributed by atoms with Crippen molar-refractivity contribution in [3.63, 3.8) is 0 Å². The van der Waals surface area contributed by atoms with E-state index in [-0.39, 0.29) is 5.56 Å². The van der Waals surface area contributed by atoms with Gasteiger partial charge in [-0.15, -0.1) is 0 Å². The second-order valence-corrected chi connectivity index (χ2v) is 4.81. The minimum atomic E-state index is -1.00. The van der Waals surface area contributed by atoms with Crippen molar-refractivity contribution in [1.29, 1.82) is 0 Å². The monoisotopic (exact) mass is 312 g/mol. The summed E-state index contributed by atoms with van der Waals surface area (Å²) in [6.45, 7) is 1.89. The molecule has 0 bridgehead atoms. The molecule has 23 heavy (non-hydrogen) atoms. The standard InChI is InChI=1S/C18H16O5/c1-12-10-16(8-6-13(12)7-9-17(19)22-2)23-15-5-3-4-14(11-15)18(20)21/h3-11H,1-2H3,(H,20,21)/b9-7+. The van der Waals surface area contributed by atoms with Crippen molar-refractivity contribution in [2.75, 3.05) is 7.11 Å². The first-order valence-corrected chi connectivity index (χ1v) is 6.87. The minimum Gasteiger partial charge on any atom is -0.478 e. The summed E-state index contributed by atoms with van der Waals surface area (Å²) in [4.78, 5) is 22.1.